The lowest BCUT2D eigenvalue weighted by Crippen LogP contribution is -1.80. The zero-order chi connectivity index (χ0) is 16.8. The number of aryl methyl sites for hydroxylation is 1. The van der Waals surface area contributed by atoms with Gasteiger partial charge in [-0.15, -0.1) is 0 Å². The molecule has 0 saturated heterocycles. The largest absolute Gasteiger partial charge is 0.342 e. The number of H-pyrrole nitrogens is 2. The van der Waals surface area contributed by atoms with Crippen molar-refractivity contribution in [3.63, 3.8) is 0 Å². The highest BCUT2D eigenvalue weighted by Gasteiger charge is 2.09. The molecule has 2 heterocycles. The fourth-order valence-electron chi connectivity index (χ4n) is 3.24. The molecule has 4 nitrogen and oxygen atoms in total. The summed E-state index contributed by atoms with van der Waals surface area (Å²) in [6, 6.07) is 22.9. The molecule has 120 valence electrons. The van der Waals surface area contributed by atoms with Crippen LogP contribution < -0.4 is 0 Å². The van der Waals surface area contributed by atoms with Gasteiger partial charge in [-0.1, -0.05) is 36.4 Å². The van der Waals surface area contributed by atoms with Gasteiger partial charge in [-0.3, -0.25) is 0 Å². The highest BCUT2D eigenvalue weighted by molar-refractivity contribution is 5.86. The van der Waals surface area contributed by atoms with Crippen LogP contribution in [-0.2, 0) is 0 Å². The predicted octanol–water partition coefficient (Wildman–Crippen LogP) is 5.08. The van der Waals surface area contributed by atoms with Crippen LogP contribution in [0.4, 0.5) is 0 Å². The maximum Gasteiger partial charge on any atom is 0.138 e. The molecule has 0 aliphatic carbocycles. The standard InChI is InChI=1S/C21H16N4/c1-13-22-17-10-8-16(12-19(17)23-13)21-24-18-9-7-15(11-20(18)25-21)14-5-3-2-4-6-14/h2-12H,1H3,(H,22,23)(H,24,25). The first-order valence-corrected chi connectivity index (χ1v) is 8.28. The number of fused-ring (bicyclic) bond motifs is 2. The molecule has 3 aromatic carbocycles. The lowest BCUT2D eigenvalue weighted by Gasteiger charge is -2.00. The zero-order valence-electron chi connectivity index (χ0n) is 13.7. The SMILES string of the molecule is Cc1nc2ccc(-c3nc4ccc(-c5ccccc5)cc4[nH]3)cc2[nH]1. The number of rotatable bonds is 2. The number of hydrogen-bond acceptors (Lipinski definition) is 2. The molecule has 0 spiro atoms. The predicted molar refractivity (Wildman–Crippen MR) is 101 cm³/mol. The van der Waals surface area contributed by atoms with E-state index in [2.05, 4.69) is 69.5 Å². The first-order chi connectivity index (χ1) is 12.3. The second kappa shape index (κ2) is 5.31. The van der Waals surface area contributed by atoms with E-state index in [1.54, 1.807) is 0 Å². The van der Waals surface area contributed by atoms with E-state index in [0.29, 0.717) is 0 Å². The molecule has 0 radical (unpaired) electrons. The van der Waals surface area contributed by atoms with E-state index in [9.17, 15) is 0 Å². The number of nitrogens with one attached hydrogen (secondary N) is 2. The molecule has 0 atom stereocenters. The minimum Gasteiger partial charge on any atom is -0.342 e. The summed E-state index contributed by atoms with van der Waals surface area (Å²) in [7, 11) is 0. The first kappa shape index (κ1) is 14.0. The van der Waals surface area contributed by atoms with Gasteiger partial charge in [-0.05, 0) is 48.4 Å². The minimum atomic E-state index is 0.870. The monoisotopic (exact) mass is 324 g/mol. The summed E-state index contributed by atoms with van der Waals surface area (Å²) in [6.07, 6.45) is 0. The van der Waals surface area contributed by atoms with Gasteiger partial charge in [0.1, 0.15) is 11.6 Å². The van der Waals surface area contributed by atoms with Gasteiger partial charge >= 0.3 is 0 Å². The molecule has 25 heavy (non-hydrogen) atoms. The number of benzene rings is 3. The third kappa shape index (κ3) is 2.39. The van der Waals surface area contributed by atoms with Gasteiger partial charge in [0.25, 0.3) is 0 Å². The minimum absolute atomic E-state index is 0.870. The van der Waals surface area contributed by atoms with Crippen LogP contribution in [0.5, 0.6) is 0 Å². The molecule has 0 aliphatic rings. The molecule has 0 bridgehead atoms. The molecule has 0 saturated carbocycles. The van der Waals surface area contributed by atoms with E-state index in [-0.39, 0.29) is 0 Å². The summed E-state index contributed by atoms with van der Waals surface area (Å²) in [5, 5.41) is 0. The summed E-state index contributed by atoms with van der Waals surface area (Å²) in [6.45, 7) is 1.96. The van der Waals surface area contributed by atoms with Crippen molar-refractivity contribution in [3.8, 4) is 22.5 Å². The van der Waals surface area contributed by atoms with Crippen LogP contribution in [0.15, 0.2) is 66.7 Å². The molecular formula is C21H16N4. The van der Waals surface area contributed by atoms with E-state index in [1.165, 1.54) is 11.1 Å². The van der Waals surface area contributed by atoms with Crippen LogP contribution >= 0.6 is 0 Å². The fourth-order valence-corrected chi connectivity index (χ4v) is 3.24. The van der Waals surface area contributed by atoms with Crippen LogP contribution in [0, 0.1) is 6.92 Å². The van der Waals surface area contributed by atoms with Crippen molar-refractivity contribution in [3.05, 3.63) is 72.6 Å². The number of aromatic amines is 2. The van der Waals surface area contributed by atoms with Gasteiger partial charge in [-0.25, -0.2) is 9.97 Å². The summed E-state index contributed by atoms with van der Waals surface area (Å²) in [5.41, 5.74) is 7.45. The second-order valence-corrected chi connectivity index (χ2v) is 6.24. The molecule has 4 heteroatoms. The molecule has 2 aromatic heterocycles. The summed E-state index contributed by atoms with van der Waals surface area (Å²) in [4.78, 5) is 15.9. The zero-order valence-corrected chi connectivity index (χ0v) is 13.7. The maximum atomic E-state index is 4.74. The Kier molecular flexibility index (Phi) is 2.97. The second-order valence-electron chi connectivity index (χ2n) is 6.24. The van der Waals surface area contributed by atoms with Crippen LogP contribution in [0.1, 0.15) is 5.82 Å². The van der Waals surface area contributed by atoms with Crippen molar-refractivity contribution in [2.45, 2.75) is 6.92 Å². The Morgan fingerprint density at radius 3 is 2.16 bits per heavy atom. The topological polar surface area (TPSA) is 57.4 Å². The van der Waals surface area contributed by atoms with Crippen molar-refractivity contribution in [1.82, 2.24) is 19.9 Å². The normalized spacial score (nSPS) is 11.4. The van der Waals surface area contributed by atoms with E-state index in [4.69, 9.17) is 4.98 Å². The fraction of sp³-hybridized carbons (Fsp3) is 0.0476. The van der Waals surface area contributed by atoms with Crippen molar-refractivity contribution in [2.75, 3.05) is 0 Å². The van der Waals surface area contributed by atoms with Crippen LogP contribution in [-0.4, -0.2) is 19.9 Å². The Bertz CT molecular complexity index is 1200. The molecule has 5 rings (SSSR count). The molecule has 2 N–H and O–H groups in total. The van der Waals surface area contributed by atoms with Crippen LogP contribution in [0.2, 0.25) is 0 Å². The summed E-state index contributed by atoms with van der Waals surface area (Å²) >= 11 is 0. The molecule has 0 amide bonds. The third-order valence-electron chi connectivity index (χ3n) is 4.46. The Morgan fingerprint density at radius 2 is 1.32 bits per heavy atom. The number of aromatic nitrogens is 4. The molecule has 0 unspecified atom stereocenters. The van der Waals surface area contributed by atoms with Gasteiger partial charge in [-0.2, -0.15) is 0 Å². The van der Waals surface area contributed by atoms with Crippen molar-refractivity contribution in [2.24, 2.45) is 0 Å². The Labute approximate surface area is 144 Å². The van der Waals surface area contributed by atoms with Gasteiger partial charge in [0.2, 0.25) is 0 Å². The average molecular weight is 324 g/mol. The Morgan fingerprint density at radius 1 is 0.640 bits per heavy atom. The Balaban J connectivity index is 1.61. The lowest BCUT2D eigenvalue weighted by molar-refractivity contribution is 1.17. The maximum absolute atomic E-state index is 4.74. The average Bonchev–Trinajstić information content (AvgIpc) is 3.23. The smallest absolute Gasteiger partial charge is 0.138 e. The van der Waals surface area contributed by atoms with E-state index in [1.807, 2.05) is 19.1 Å². The lowest BCUT2D eigenvalue weighted by atomic mass is 10.1. The summed E-state index contributed by atoms with van der Waals surface area (Å²) < 4.78 is 0. The van der Waals surface area contributed by atoms with E-state index < -0.39 is 0 Å². The van der Waals surface area contributed by atoms with E-state index >= 15 is 0 Å². The van der Waals surface area contributed by atoms with Crippen molar-refractivity contribution < 1.29 is 0 Å². The molecular weight excluding hydrogens is 308 g/mol. The molecule has 5 aromatic rings. The molecule has 0 aliphatic heterocycles. The first-order valence-electron chi connectivity index (χ1n) is 8.28. The Hall–Kier alpha value is -3.40. The quantitative estimate of drug-likeness (QED) is 0.475. The van der Waals surface area contributed by atoms with Crippen molar-refractivity contribution in [1.29, 1.82) is 0 Å². The van der Waals surface area contributed by atoms with E-state index in [0.717, 1.165) is 39.3 Å². The van der Waals surface area contributed by atoms with Crippen molar-refractivity contribution >= 4 is 22.1 Å². The van der Waals surface area contributed by atoms with Crippen LogP contribution in [0.25, 0.3) is 44.6 Å². The number of hydrogen-bond donors (Lipinski definition) is 2. The number of imidazole rings is 2. The summed E-state index contributed by atoms with van der Waals surface area (Å²) in [5.74, 6) is 1.79. The number of nitrogens with zero attached hydrogens (tertiary/aromatic N) is 2. The van der Waals surface area contributed by atoms with Crippen LogP contribution in [0.3, 0.4) is 0 Å². The highest BCUT2D eigenvalue weighted by Crippen LogP contribution is 2.27. The van der Waals surface area contributed by atoms with Gasteiger partial charge in [0.15, 0.2) is 0 Å². The molecule has 0 fully saturated rings. The van der Waals surface area contributed by atoms with Gasteiger partial charge < -0.3 is 9.97 Å². The van der Waals surface area contributed by atoms with Gasteiger partial charge in [0.05, 0.1) is 22.1 Å². The highest BCUT2D eigenvalue weighted by atomic mass is 14.9. The third-order valence-corrected chi connectivity index (χ3v) is 4.46. The van der Waals surface area contributed by atoms with Gasteiger partial charge in [0, 0.05) is 5.56 Å².